The lowest BCUT2D eigenvalue weighted by molar-refractivity contribution is 0.144. The number of fused-ring (bicyclic) bond motifs is 5. The number of hydrogen-bond donors (Lipinski definition) is 1. The molecule has 4 atom stereocenters. The summed E-state index contributed by atoms with van der Waals surface area (Å²) in [4.78, 5) is 4.81. The summed E-state index contributed by atoms with van der Waals surface area (Å²) in [5.74, 6) is 2.38. The Hall–Kier alpha value is -1.51. The van der Waals surface area contributed by atoms with Gasteiger partial charge in [0.1, 0.15) is 0 Å². The number of benzene rings is 1. The molecular weight excluding hydrogens is 224 g/mol. The summed E-state index contributed by atoms with van der Waals surface area (Å²) in [6.45, 7) is 0.852. The van der Waals surface area contributed by atoms with Crippen molar-refractivity contribution in [3.8, 4) is 0 Å². The second-order valence-electron chi connectivity index (χ2n) is 5.72. The summed E-state index contributed by atoms with van der Waals surface area (Å²) in [5.41, 5.74) is 1.05. The summed E-state index contributed by atoms with van der Waals surface area (Å²) >= 11 is 0. The van der Waals surface area contributed by atoms with Gasteiger partial charge < -0.3 is 10.1 Å². The molecule has 1 aromatic carbocycles. The Balaban J connectivity index is 1.54. The van der Waals surface area contributed by atoms with Gasteiger partial charge in [-0.2, -0.15) is 0 Å². The van der Waals surface area contributed by atoms with Crippen LogP contribution in [0.2, 0.25) is 0 Å². The van der Waals surface area contributed by atoms with Gasteiger partial charge in [-0.05, 0) is 43.2 Å². The van der Waals surface area contributed by atoms with Crippen LogP contribution in [0.15, 0.2) is 35.3 Å². The molecule has 1 aliphatic heterocycles. The number of nitrogens with zero attached hydrogens (tertiary/aromatic N) is 1. The molecule has 0 spiro atoms. The van der Waals surface area contributed by atoms with E-state index < -0.39 is 0 Å². The van der Waals surface area contributed by atoms with Crippen molar-refractivity contribution in [1.29, 1.82) is 0 Å². The van der Waals surface area contributed by atoms with Crippen LogP contribution in [-0.4, -0.2) is 18.7 Å². The highest BCUT2D eigenvalue weighted by Crippen LogP contribution is 2.51. The Morgan fingerprint density at radius 3 is 2.83 bits per heavy atom. The number of anilines is 1. The minimum Gasteiger partial charge on any atom is -0.465 e. The first-order valence-corrected chi connectivity index (χ1v) is 6.93. The van der Waals surface area contributed by atoms with Crippen LogP contribution in [-0.2, 0) is 4.74 Å². The third-order valence-electron chi connectivity index (χ3n) is 4.74. The van der Waals surface area contributed by atoms with Crippen molar-refractivity contribution in [3.05, 3.63) is 30.3 Å². The zero-order valence-corrected chi connectivity index (χ0v) is 10.4. The number of amidine groups is 1. The van der Waals surface area contributed by atoms with Crippen LogP contribution in [0.25, 0.3) is 0 Å². The second-order valence-corrected chi connectivity index (χ2v) is 5.72. The molecule has 1 N–H and O–H groups in total. The first-order chi connectivity index (χ1) is 8.90. The average Bonchev–Trinajstić information content (AvgIpc) is 3.01. The van der Waals surface area contributed by atoms with Crippen LogP contribution >= 0.6 is 0 Å². The Morgan fingerprint density at radius 2 is 1.94 bits per heavy atom. The smallest absolute Gasteiger partial charge is 0.289 e. The fourth-order valence-electron chi connectivity index (χ4n) is 3.88. The summed E-state index contributed by atoms with van der Waals surface area (Å²) in [6, 6.07) is 11.4. The van der Waals surface area contributed by atoms with Crippen LogP contribution in [0.5, 0.6) is 0 Å². The number of aliphatic imine (C=N–C) groups is 1. The van der Waals surface area contributed by atoms with E-state index in [0.717, 1.165) is 30.2 Å². The molecule has 0 saturated heterocycles. The second kappa shape index (κ2) is 4.01. The van der Waals surface area contributed by atoms with Gasteiger partial charge in [-0.3, -0.25) is 0 Å². The molecule has 1 heterocycles. The highest BCUT2D eigenvalue weighted by Gasteiger charge is 2.49. The lowest BCUT2D eigenvalue weighted by Gasteiger charge is -2.32. The molecule has 0 aromatic heterocycles. The molecule has 0 amide bonds. The summed E-state index contributed by atoms with van der Waals surface area (Å²) in [6.07, 6.45) is 4.14. The fourth-order valence-corrected chi connectivity index (χ4v) is 3.88. The average molecular weight is 242 g/mol. The Labute approximate surface area is 107 Å². The van der Waals surface area contributed by atoms with E-state index in [1.165, 1.54) is 19.3 Å². The summed E-state index contributed by atoms with van der Waals surface area (Å²) in [7, 11) is 0. The minimum atomic E-state index is 0.517. The topological polar surface area (TPSA) is 33.6 Å². The Kier molecular flexibility index (Phi) is 2.32. The van der Waals surface area contributed by atoms with Gasteiger partial charge in [0.25, 0.3) is 6.02 Å². The zero-order chi connectivity index (χ0) is 11.9. The van der Waals surface area contributed by atoms with Gasteiger partial charge in [0, 0.05) is 11.6 Å². The predicted molar refractivity (Wildman–Crippen MR) is 71.6 cm³/mol. The van der Waals surface area contributed by atoms with Crippen molar-refractivity contribution in [1.82, 2.24) is 0 Å². The maximum atomic E-state index is 5.79. The molecule has 0 radical (unpaired) electrons. The first kappa shape index (κ1) is 10.4. The van der Waals surface area contributed by atoms with Gasteiger partial charge in [-0.15, -0.1) is 0 Å². The number of hydrogen-bond acceptors (Lipinski definition) is 3. The normalized spacial score (nSPS) is 36.8. The van der Waals surface area contributed by atoms with E-state index in [-0.39, 0.29) is 0 Å². The first-order valence-electron chi connectivity index (χ1n) is 6.93. The number of rotatable bonds is 1. The van der Waals surface area contributed by atoms with Crippen molar-refractivity contribution in [2.24, 2.45) is 22.7 Å². The van der Waals surface area contributed by atoms with Crippen molar-refractivity contribution < 1.29 is 4.74 Å². The third kappa shape index (κ3) is 1.61. The zero-order valence-electron chi connectivity index (χ0n) is 10.4. The van der Waals surface area contributed by atoms with E-state index in [2.05, 4.69) is 5.32 Å². The summed E-state index contributed by atoms with van der Waals surface area (Å²) in [5, 5.41) is 3.28. The maximum Gasteiger partial charge on any atom is 0.289 e. The monoisotopic (exact) mass is 242 g/mol. The van der Waals surface area contributed by atoms with Crippen molar-refractivity contribution in [3.63, 3.8) is 0 Å². The Bertz CT molecular complexity index is 471. The molecule has 4 unspecified atom stereocenters. The van der Waals surface area contributed by atoms with Crippen molar-refractivity contribution >= 4 is 11.7 Å². The quantitative estimate of drug-likeness (QED) is 0.821. The molecule has 3 heteroatoms. The number of ether oxygens (including phenoxy) is 1. The molecule has 3 aliphatic rings. The molecule has 2 saturated carbocycles. The molecule has 1 aromatic rings. The molecule has 18 heavy (non-hydrogen) atoms. The van der Waals surface area contributed by atoms with Crippen LogP contribution in [0, 0.1) is 17.8 Å². The SMILES string of the molecule is c1ccc(NC2=NC3C4CCC(C4)C3CO2)cc1. The van der Waals surface area contributed by atoms with Gasteiger partial charge in [0.05, 0.1) is 12.6 Å². The summed E-state index contributed by atoms with van der Waals surface area (Å²) < 4.78 is 5.79. The molecule has 4 rings (SSSR count). The lowest BCUT2D eigenvalue weighted by Crippen LogP contribution is -2.38. The Morgan fingerprint density at radius 1 is 1.11 bits per heavy atom. The van der Waals surface area contributed by atoms with E-state index in [0.29, 0.717) is 12.0 Å². The van der Waals surface area contributed by atoms with E-state index in [4.69, 9.17) is 9.73 Å². The van der Waals surface area contributed by atoms with Crippen molar-refractivity contribution in [2.45, 2.75) is 25.3 Å². The number of nitrogens with one attached hydrogen (secondary N) is 1. The van der Waals surface area contributed by atoms with Crippen LogP contribution in [0.3, 0.4) is 0 Å². The van der Waals surface area contributed by atoms with Gasteiger partial charge in [-0.1, -0.05) is 18.2 Å². The standard InChI is InChI=1S/C15H18N2O/c1-2-4-12(5-3-1)16-15-17-14-11-7-6-10(8-11)13(14)9-18-15/h1-5,10-11,13-14H,6-9H2,(H,16,17). The predicted octanol–water partition coefficient (Wildman–Crippen LogP) is 2.90. The molecule has 2 bridgehead atoms. The molecular formula is C15H18N2O. The fraction of sp³-hybridized carbons (Fsp3) is 0.533. The van der Waals surface area contributed by atoms with Crippen LogP contribution in [0.4, 0.5) is 5.69 Å². The number of para-hydroxylation sites is 1. The van der Waals surface area contributed by atoms with Crippen molar-refractivity contribution in [2.75, 3.05) is 11.9 Å². The largest absolute Gasteiger partial charge is 0.465 e. The van der Waals surface area contributed by atoms with Gasteiger partial charge in [0.15, 0.2) is 0 Å². The lowest BCUT2D eigenvalue weighted by atomic mass is 9.85. The maximum absolute atomic E-state index is 5.79. The molecule has 94 valence electrons. The third-order valence-corrected chi connectivity index (χ3v) is 4.74. The van der Waals surface area contributed by atoms with Gasteiger partial charge in [-0.25, -0.2) is 4.99 Å². The van der Waals surface area contributed by atoms with E-state index in [1.54, 1.807) is 0 Å². The van der Waals surface area contributed by atoms with Gasteiger partial charge >= 0.3 is 0 Å². The van der Waals surface area contributed by atoms with E-state index in [1.807, 2.05) is 30.3 Å². The minimum absolute atomic E-state index is 0.517. The van der Waals surface area contributed by atoms with E-state index in [9.17, 15) is 0 Å². The molecule has 3 nitrogen and oxygen atoms in total. The molecule has 2 aliphatic carbocycles. The van der Waals surface area contributed by atoms with Gasteiger partial charge in [0.2, 0.25) is 0 Å². The highest BCUT2D eigenvalue weighted by molar-refractivity contribution is 5.89. The van der Waals surface area contributed by atoms with E-state index >= 15 is 0 Å². The van der Waals surface area contributed by atoms with Crippen LogP contribution in [0.1, 0.15) is 19.3 Å². The highest BCUT2D eigenvalue weighted by atomic mass is 16.5. The molecule has 2 fully saturated rings. The van der Waals surface area contributed by atoms with Crippen LogP contribution < -0.4 is 5.32 Å².